The molecule has 1 unspecified atom stereocenters. The number of benzene rings is 2. The molecule has 5 nitrogen and oxygen atoms in total. The summed E-state index contributed by atoms with van der Waals surface area (Å²) >= 11 is 17.4. The number of allylic oxidation sites excluding steroid dienone is 1. The number of anilines is 1. The molecule has 1 N–H and O–H groups in total. The van der Waals surface area contributed by atoms with Crippen molar-refractivity contribution in [1.82, 2.24) is 5.32 Å². The number of fused-ring (bicyclic) bond motifs is 3. The molecule has 2 aromatic rings. The number of rotatable bonds is 3. The average Bonchev–Trinajstić information content (AvgIpc) is 3.32. The van der Waals surface area contributed by atoms with Crippen LogP contribution in [-0.2, 0) is 14.4 Å². The summed E-state index contributed by atoms with van der Waals surface area (Å²) in [5.41, 5.74) is 3.20. The fourth-order valence-electron chi connectivity index (χ4n) is 5.64. The molecule has 2 fully saturated rings. The minimum atomic E-state index is -2.15. The number of carbonyl (C=O) groups is 3. The van der Waals surface area contributed by atoms with Crippen molar-refractivity contribution in [3.05, 3.63) is 71.6 Å². The standard InChI is InChI=1S/C25H20Cl3FN2O3/c26-25(27,28)24(34)30-19-11-10-16-17(13-6-8-14(29)9-7-13)12-18-21(20(16)19)23(33)31(22(18)32)15-4-2-1-3-5-15/h1-9,18-21H,10-12H2,(H,30,34)/t18-,19?,20-,21-/m0/s1. The first-order valence-electron chi connectivity index (χ1n) is 10.9. The smallest absolute Gasteiger partial charge is 0.272 e. The van der Waals surface area contributed by atoms with E-state index in [9.17, 15) is 18.8 Å². The van der Waals surface area contributed by atoms with E-state index in [1.807, 2.05) is 6.07 Å². The van der Waals surface area contributed by atoms with E-state index in [1.165, 1.54) is 17.0 Å². The van der Waals surface area contributed by atoms with Gasteiger partial charge in [-0.2, -0.15) is 0 Å². The molecule has 1 aliphatic heterocycles. The summed E-state index contributed by atoms with van der Waals surface area (Å²) in [6, 6.07) is 14.4. The van der Waals surface area contributed by atoms with E-state index in [-0.39, 0.29) is 17.6 Å². The lowest BCUT2D eigenvalue weighted by Gasteiger charge is -2.35. The van der Waals surface area contributed by atoms with Crippen molar-refractivity contribution < 1.29 is 18.8 Å². The van der Waals surface area contributed by atoms with Crippen LogP contribution in [0.4, 0.5) is 10.1 Å². The zero-order chi connectivity index (χ0) is 24.2. The van der Waals surface area contributed by atoms with Gasteiger partial charge in [-0.15, -0.1) is 0 Å². The molecule has 4 atom stereocenters. The van der Waals surface area contributed by atoms with Crippen molar-refractivity contribution in [2.75, 3.05) is 4.90 Å². The van der Waals surface area contributed by atoms with E-state index in [4.69, 9.17) is 34.8 Å². The maximum Gasteiger partial charge on any atom is 0.272 e. The first kappa shape index (κ1) is 23.3. The van der Waals surface area contributed by atoms with Gasteiger partial charge in [-0.3, -0.25) is 19.3 Å². The Balaban J connectivity index is 1.59. The third-order valence-corrected chi connectivity index (χ3v) is 7.53. The fraction of sp³-hybridized carbons (Fsp3) is 0.320. The molecule has 1 saturated carbocycles. The highest BCUT2D eigenvalue weighted by molar-refractivity contribution is 6.76. The Morgan fingerprint density at radius 3 is 2.29 bits per heavy atom. The lowest BCUT2D eigenvalue weighted by Crippen LogP contribution is -2.48. The van der Waals surface area contributed by atoms with Gasteiger partial charge in [0.1, 0.15) is 5.82 Å². The zero-order valence-electron chi connectivity index (χ0n) is 17.8. The average molecular weight is 522 g/mol. The maximum absolute atomic E-state index is 13.7. The van der Waals surface area contributed by atoms with Gasteiger partial charge < -0.3 is 5.32 Å². The topological polar surface area (TPSA) is 66.5 Å². The van der Waals surface area contributed by atoms with Crippen LogP contribution in [0.5, 0.6) is 0 Å². The summed E-state index contributed by atoms with van der Waals surface area (Å²) in [6.07, 6.45) is 1.51. The van der Waals surface area contributed by atoms with Crippen molar-refractivity contribution in [3.8, 4) is 0 Å². The van der Waals surface area contributed by atoms with Gasteiger partial charge in [0.15, 0.2) is 0 Å². The molecule has 0 spiro atoms. The molecule has 1 saturated heterocycles. The van der Waals surface area contributed by atoms with E-state index in [2.05, 4.69) is 5.32 Å². The van der Waals surface area contributed by atoms with Crippen molar-refractivity contribution >= 4 is 63.8 Å². The van der Waals surface area contributed by atoms with Crippen LogP contribution < -0.4 is 10.2 Å². The van der Waals surface area contributed by atoms with Gasteiger partial charge in [0.05, 0.1) is 17.5 Å². The van der Waals surface area contributed by atoms with Gasteiger partial charge >= 0.3 is 0 Å². The normalized spacial score (nSPS) is 26.5. The molecule has 2 aliphatic carbocycles. The number of nitrogens with one attached hydrogen (secondary N) is 1. The number of carbonyl (C=O) groups excluding carboxylic acids is 3. The SMILES string of the molecule is O=C1[C@H]2[C@H](CC(c3ccc(F)cc3)=C3CCC(NC(=O)C(Cl)(Cl)Cl)[C@H]32)C(=O)N1c1ccccc1. The second-order valence-corrected chi connectivity index (χ2v) is 11.1. The molecule has 1 heterocycles. The van der Waals surface area contributed by atoms with Crippen LogP contribution in [-0.4, -0.2) is 27.6 Å². The summed E-state index contributed by atoms with van der Waals surface area (Å²) in [7, 11) is 0. The lowest BCUT2D eigenvalue weighted by molar-refractivity contribution is -0.124. The summed E-state index contributed by atoms with van der Waals surface area (Å²) < 4.78 is 11.5. The van der Waals surface area contributed by atoms with Crippen LogP contribution in [0.15, 0.2) is 60.2 Å². The van der Waals surface area contributed by atoms with Crippen LogP contribution >= 0.6 is 34.8 Å². The van der Waals surface area contributed by atoms with Crippen molar-refractivity contribution in [1.29, 1.82) is 0 Å². The van der Waals surface area contributed by atoms with Crippen molar-refractivity contribution in [2.45, 2.75) is 29.1 Å². The first-order valence-corrected chi connectivity index (χ1v) is 12.1. The Bertz CT molecular complexity index is 1190. The monoisotopic (exact) mass is 520 g/mol. The maximum atomic E-state index is 13.7. The van der Waals surface area contributed by atoms with E-state index in [0.717, 1.165) is 16.7 Å². The molecule has 5 rings (SSSR count). The number of imide groups is 1. The number of hydrogen-bond donors (Lipinski definition) is 1. The predicted octanol–water partition coefficient (Wildman–Crippen LogP) is 5.05. The molecule has 0 radical (unpaired) electrons. The minimum Gasteiger partial charge on any atom is -0.349 e. The highest BCUT2D eigenvalue weighted by atomic mass is 35.6. The van der Waals surface area contributed by atoms with E-state index < -0.39 is 33.5 Å². The van der Waals surface area contributed by atoms with E-state index in [0.29, 0.717) is 24.9 Å². The molecule has 3 amide bonds. The highest BCUT2D eigenvalue weighted by Crippen LogP contribution is 2.54. The molecule has 9 heteroatoms. The van der Waals surface area contributed by atoms with Gasteiger partial charge in [0, 0.05) is 12.0 Å². The Morgan fingerprint density at radius 1 is 0.971 bits per heavy atom. The Kier molecular flexibility index (Phi) is 5.95. The lowest BCUT2D eigenvalue weighted by atomic mass is 9.68. The van der Waals surface area contributed by atoms with Crippen LogP contribution in [0.1, 0.15) is 24.8 Å². The van der Waals surface area contributed by atoms with Crippen molar-refractivity contribution in [2.24, 2.45) is 17.8 Å². The molecule has 2 aromatic carbocycles. The molecule has 0 aromatic heterocycles. The van der Waals surface area contributed by atoms with E-state index in [1.54, 1.807) is 36.4 Å². The second-order valence-electron chi connectivity index (χ2n) is 8.84. The zero-order valence-corrected chi connectivity index (χ0v) is 20.1. The minimum absolute atomic E-state index is 0.279. The summed E-state index contributed by atoms with van der Waals surface area (Å²) in [5, 5.41) is 2.79. The second kappa shape index (κ2) is 8.67. The number of hydrogen-bond acceptors (Lipinski definition) is 3. The fourth-order valence-corrected chi connectivity index (χ4v) is 5.80. The quantitative estimate of drug-likeness (QED) is 0.454. The number of nitrogens with zero attached hydrogens (tertiary/aromatic N) is 1. The van der Waals surface area contributed by atoms with Gasteiger partial charge in [-0.05, 0) is 54.7 Å². The van der Waals surface area contributed by atoms with Gasteiger partial charge in [0.25, 0.3) is 9.70 Å². The van der Waals surface area contributed by atoms with Gasteiger partial charge in [-0.25, -0.2) is 4.39 Å². The summed E-state index contributed by atoms with van der Waals surface area (Å²) in [4.78, 5) is 40.9. The summed E-state index contributed by atoms with van der Waals surface area (Å²) in [5.74, 6) is -3.38. The number of para-hydroxylation sites is 1. The predicted molar refractivity (Wildman–Crippen MR) is 129 cm³/mol. The molecule has 176 valence electrons. The summed E-state index contributed by atoms with van der Waals surface area (Å²) in [6.45, 7) is 0. The third kappa shape index (κ3) is 3.92. The van der Waals surface area contributed by atoms with Crippen molar-refractivity contribution in [3.63, 3.8) is 0 Å². The Labute approximate surface area is 210 Å². The van der Waals surface area contributed by atoms with Gasteiger partial charge in [-0.1, -0.05) is 70.7 Å². The molecule has 0 bridgehead atoms. The van der Waals surface area contributed by atoms with Crippen LogP contribution in [0.2, 0.25) is 0 Å². The van der Waals surface area contributed by atoms with Crippen LogP contribution in [0.25, 0.3) is 5.57 Å². The van der Waals surface area contributed by atoms with E-state index >= 15 is 0 Å². The molecular weight excluding hydrogens is 502 g/mol. The first-order chi connectivity index (χ1) is 16.2. The third-order valence-electron chi connectivity index (χ3n) is 7.02. The van der Waals surface area contributed by atoms with Crippen LogP contribution in [0.3, 0.4) is 0 Å². The molecule has 3 aliphatic rings. The largest absolute Gasteiger partial charge is 0.349 e. The number of halogens is 4. The van der Waals surface area contributed by atoms with Gasteiger partial charge in [0.2, 0.25) is 11.8 Å². The number of alkyl halides is 3. The molecule has 34 heavy (non-hydrogen) atoms. The van der Waals surface area contributed by atoms with Crippen LogP contribution in [0, 0.1) is 23.6 Å². The highest BCUT2D eigenvalue weighted by Gasteiger charge is 2.58. The Morgan fingerprint density at radius 2 is 1.65 bits per heavy atom. The number of amides is 3. The molecular formula is C25H20Cl3FN2O3. The Hall–Kier alpha value is -2.41.